The molecule has 0 bridgehead atoms. The molecule has 1 heterocycles. The first-order chi connectivity index (χ1) is 12.8. The van der Waals surface area contributed by atoms with Crippen LogP contribution in [-0.2, 0) is 10.0 Å². The Hall–Kier alpha value is -3.22. The van der Waals surface area contributed by atoms with Crippen molar-refractivity contribution in [2.45, 2.75) is 11.3 Å². The Bertz CT molecular complexity index is 1050. The number of carboxylic acids is 1. The number of sulfonamides is 1. The van der Waals surface area contributed by atoms with Gasteiger partial charge in [-0.15, -0.1) is 0 Å². The van der Waals surface area contributed by atoms with Gasteiger partial charge in [-0.3, -0.25) is 4.79 Å². The van der Waals surface area contributed by atoms with Gasteiger partial charge in [-0.25, -0.2) is 13.2 Å². The van der Waals surface area contributed by atoms with Crippen molar-refractivity contribution < 1.29 is 23.1 Å². The van der Waals surface area contributed by atoms with E-state index >= 15 is 0 Å². The Morgan fingerprint density at radius 3 is 2.30 bits per heavy atom. The van der Waals surface area contributed by atoms with E-state index in [4.69, 9.17) is 5.26 Å². The summed E-state index contributed by atoms with van der Waals surface area (Å²) < 4.78 is 26.0. The summed E-state index contributed by atoms with van der Waals surface area (Å²) >= 11 is 0. The van der Waals surface area contributed by atoms with E-state index in [-0.39, 0.29) is 27.3 Å². The molecule has 2 aromatic rings. The number of amides is 1. The zero-order valence-corrected chi connectivity index (χ0v) is 14.9. The van der Waals surface area contributed by atoms with Crippen molar-refractivity contribution in [1.82, 2.24) is 4.31 Å². The number of anilines is 1. The molecule has 1 aliphatic rings. The van der Waals surface area contributed by atoms with Crippen LogP contribution in [0.1, 0.15) is 32.7 Å². The van der Waals surface area contributed by atoms with E-state index in [1.807, 2.05) is 6.07 Å². The van der Waals surface area contributed by atoms with E-state index in [1.165, 1.54) is 46.8 Å². The summed E-state index contributed by atoms with van der Waals surface area (Å²) in [6.45, 7) is 0.975. The minimum atomic E-state index is -3.54. The van der Waals surface area contributed by atoms with Crippen LogP contribution < -0.4 is 5.32 Å². The number of carbonyl (C=O) groups is 2. The van der Waals surface area contributed by atoms with Gasteiger partial charge in [-0.1, -0.05) is 0 Å². The Kier molecular flexibility index (Phi) is 4.94. The SMILES string of the molecule is N#Cc1ccc(NC(=O)c2ccc(S(=O)(=O)N3CCC3)cc2)c(C(=O)O)c1. The third kappa shape index (κ3) is 3.67. The van der Waals surface area contributed by atoms with Gasteiger partial charge in [0.05, 0.1) is 27.8 Å². The lowest BCUT2D eigenvalue weighted by Gasteiger charge is -2.29. The van der Waals surface area contributed by atoms with Gasteiger partial charge < -0.3 is 10.4 Å². The van der Waals surface area contributed by atoms with Crippen LogP contribution in [0.3, 0.4) is 0 Å². The summed E-state index contributed by atoms with van der Waals surface area (Å²) in [7, 11) is -3.54. The van der Waals surface area contributed by atoms with Gasteiger partial charge in [0.25, 0.3) is 5.91 Å². The number of benzene rings is 2. The Morgan fingerprint density at radius 1 is 1.11 bits per heavy atom. The molecule has 2 aromatic carbocycles. The maximum absolute atomic E-state index is 12.4. The van der Waals surface area contributed by atoms with E-state index < -0.39 is 21.9 Å². The number of nitrogens with one attached hydrogen (secondary N) is 1. The maximum atomic E-state index is 12.4. The fourth-order valence-corrected chi connectivity index (χ4v) is 4.07. The van der Waals surface area contributed by atoms with E-state index in [9.17, 15) is 23.1 Å². The van der Waals surface area contributed by atoms with Gasteiger partial charge in [-0.05, 0) is 48.9 Å². The second-order valence-corrected chi connectivity index (χ2v) is 7.85. The van der Waals surface area contributed by atoms with Gasteiger partial charge in [-0.2, -0.15) is 9.57 Å². The molecule has 1 saturated heterocycles. The summed E-state index contributed by atoms with van der Waals surface area (Å²) in [6.07, 6.45) is 0.830. The predicted octanol–water partition coefficient (Wildman–Crippen LogP) is 1.90. The summed E-state index contributed by atoms with van der Waals surface area (Å²) in [6, 6.07) is 11.2. The summed E-state index contributed by atoms with van der Waals surface area (Å²) in [4.78, 5) is 23.8. The second-order valence-electron chi connectivity index (χ2n) is 5.91. The third-order valence-corrected chi connectivity index (χ3v) is 6.11. The van der Waals surface area contributed by atoms with Crippen LogP contribution in [0.25, 0.3) is 0 Å². The molecule has 27 heavy (non-hydrogen) atoms. The van der Waals surface area contributed by atoms with E-state index in [2.05, 4.69) is 5.32 Å². The number of nitriles is 1. The number of carboxylic acid groups (broad SMARTS) is 1. The Balaban J connectivity index is 1.81. The molecule has 0 radical (unpaired) electrons. The van der Waals surface area contributed by atoms with Crippen molar-refractivity contribution in [3.05, 3.63) is 59.2 Å². The van der Waals surface area contributed by atoms with Crippen molar-refractivity contribution in [2.75, 3.05) is 18.4 Å². The fourth-order valence-electron chi connectivity index (χ4n) is 2.55. The Morgan fingerprint density at radius 2 is 1.78 bits per heavy atom. The monoisotopic (exact) mass is 385 g/mol. The average molecular weight is 385 g/mol. The van der Waals surface area contributed by atoms with Crippen molar-refractivity contribution in [2.24, 2.45) is 0 Å². The van der Waals surface area contributed by atoms with Crippen molar-refractivity contribution in [3.8, 4) is 6.07 Å². The van der Waals surface area contributed by atoms with Gasteiger partial charge in [0.15, 0.2) is 0 Å². The molecule has 0 spiro atoms. The predicted molar refractivity (Wildman–Crippen MR) is 95.9 cm³/mol. The first-order valence-corrected chi connectivity index (χ1v) is 9.46. The molecule has 0 aliphatic carbocycles. The van der Waals surface area contributed by atoms with Crippen molar-refractivity contribution >= 4 is 27.6 Å². The van der Waals surface area contributed by atoms with Gasteiger partial charge in [0, 0.05) is 18.7 Å². The van der Waals surface area contributed by atoms with Crippen molar-refractivity contribution in [3.63, 3.8) is 0 Å². The van der Waals surface area contributed by atoms with E-state index in [0.717, 1.165) is 6.42 Å². The molecule has 0 unspecified atom stereocenters. The highest BCUT2D eigenvalue weighted by atomic mass is 32.2. The smallest absolute Gasteiger partial charge is 0.337 e. The van der Waals surface area contributed by atoms with Gasteiger partial charge >= 0.3 is 5.97 Å². The summed E-state index contributed by atoms with van der Waals surface area (Å²) in [5.41, 5.74) is 0.173. The lowest BCUT2D eigenvalue weighted by Crippen LogP contribution is -2.41. The largest absolute Gasteiger partial charge is 0.478 e. The van der Waals surface area contributed by atoms with E-state index in [1.54, 1.807) is 0 Å². The van der Waals surface area contributed by atoms with Crippen LogP contribution in [0.5, 0.6) is 0 Å². The fraction of sp³-hybridized carbons (Fsp3) is 0.167. The molecule has 2 N–H and O–H groups in total. The zero-order valence-electron chi connectivity index (χ0n) is 14.0. The van der Waals surface area contributed by atoms with Crippen molar-refractivity contribution in [1.29, 1.82) is 5.26 Å². The number of rotatable bonds is 5. The quantitative estimate of drug-likeness (QED) is 0.809. The normalized spacial score (nSPS) is 14.0. The number of carbonyl (C=O) groups excluding carboxylic acids is 1. The first kappa shape index (κ1) is 18.6. The molecule has 9 heteroatoms. The zero-order chi connectivity index (χ0) is 19.6. The lowest BCUT2D eigenvalue weighted by atomic mass is 10.1. The van der Waals surface area contributed by atoms with Crippen LogP contribution in [0, 0.1) is 11.3 Å². The lowest BCUT2D eigenvalue weighted by molar-refractivity contribution is 0.0698. The highest BCUT2D eigenvalue weighted by Gasteiger charge is 2.29. The average Bonchev–Trinajstić information content (AvgIpc) is 2.60. The standard InChI is InChI=1S/C18H15N3O5S/c19-11-12-2-7-16(15(10-12)18(23)24)20-17(22)13-3-5-14(6-4-13)27(25,26)21-8-1-9-21/h2-7,10H,1,8-9H2,(H,20,22)(H,23,24). The molecule has 3 rings (SSSR count). The number of nitrogens with zero attached hydrogens (tertiary/aromatic N) is 2. The van der Waals surface area contributed by atoms with Gasteiger partial charge in [0.2, 0.25) is 10.0 Å². The minimum absolute atomic E-state index is 0.0452. The highest BCUT2D eigenvalue weighted by Crippen LogP contribution is 2.22. The summed E-state index contributed by atoms with van der Waals surface area (Å²) in [5, 5.41) is 20.6. The Labute approximate surface area is 155 Å². The third-order valence-electron chi connectivity index (χ3n) is 4.20. The molecule has 0 saturated carbocycles. The molecule has 1 fully saturated rings. The van der Waals surface area contributed by atoms with Gasteiger partial charge in [0.1, 0.15) is 0 Å². The van der Waals surface area contributed by atoms with Crippen LogP contribution in [-0.4, -0.2) is 42.8 Å². The number of aromatic carboxylic acids is 1. The molecule has 138 valence electrons. The highest BCUT2D eigenvalue weighted by molar-refractivity contribution is 7.89. The molecule has 0 aromatic heterocycles. The van der Waals surface area contributed by atoms with Crippen LogP contribution in [0.2, 0.25) is 0 Å². The molecular weight excluding hydrogens is 370 g/mol. The second kappa shape index (κ2) is 7.19. The molecule has 0 atom stereocenters. The molecule has 1 amide bonds. The summed E-state index contributed by atoms with van der Waals surface area (Å²) in [5.74, 6) is -1.87. The number of hydrogen-bond donors (Lipinski definition) is 2. The first-order valence-electron chi connectivity index (χ1n) is 8.02. The molecule has 1 aliphatic heterocycles. The van der Waals surface area contributed by atoms with E-state index in [0.29, 0.717) is 13.1 Å². The van der Waals surface area contributed by atoms with Crippen LogP contribution in [0.4, 0.5) is 5.69 Å². The topological polar surface area (TPSA) is 128 Å². The maximum Gasteiger partial charge on any atom is 0.337 e. The molecular formula is C18H15N3O5S. The minimum Gasteiger partial charge on any atom is -0.478 e. The van der Waals surface area contributed by atoms with Crippen LogP contribution >= 0.6 is 0 Å². The van der Waals surface area contributed by atoms with Crippen LogP contribution in [0.15, 0.2) is 47.4 Å². The molecule has 8 nitrogen and oxygen atoms in total. The number of hydrogen-bond acceptors (Lipinski definition) is 5.